The Hall–Kier alpha value is -5.13. The van der Waals surface area contributed by atoms with Gasteiger partial charge < -0.3 is 14.8 Å². The van der Waals surface area contributed by atoms with Gasteiger partial charge in [-0.25, -0.2) is 19.2 Å². The summed E-state index contributed by atoms with van der Waals surface area (Å²) in [4.78, 5) is 43.0. The molecule has 40 heavy (non-hydrogen) atoms. The maximum absolute atomic E-state index is 14.7. The first kappa shape index (κ1) is 26.5. The number of rotatable bonds is 7. The number of hydrogen-bond donors (Lipinski definition) is 1. The molecule has 204 valence electrons. The van der Waals surface area contributed by atoms with E-state index in [0.717, 1.165) is 6.20 Å². The topological polar surface area (TPSA) is 138 Å². The highest BCUT2D eigenvalue weighted by Crippen LogP contribution is 2.27. The molecule has 0 amide bonds. The third kappa shape index (κ3) is 6.29. The van der Waals surface area contributed by atoms with Gasteiger partial charge in [0, 0.05) is 41.7 Å². The van der Waals surface area contributed by atoms with E-state index in [1.54, 1.807) is 42.6 Å². The lowest BCUT2D eigenvalue weighted by Gasteiger charge is -2.28. The zero-order valence-corrected chi connectivity index (χ0v) is 21.1. The lowest BCUT2D eigenvalue weighted by Crippen LogP contribution is -2.32. The molecule has 5 rings (SSSR count). The molecule has 0 spiro atoms. The maximum atomic E-state index is 14.7. The smallest absolute Gasteiger partial charge is 0.431 e. The van der Waals surface area contributed by atoms with Gasteiger partial charge in [0.15, 0.2) is 5.82 Å². The number of aromatic nitrogens is 3. The number of nitro groups is 1. The van der Waals surface area contributed by atoms with Crippen molar-refractivity contribution >= 4 is 17.8 Å². The van der Waals surface area contributed by atoms with Crippen LogP contribution in [0, 0.1) is 15.9 Å². The summed E-state index contributed by atoms with van der Waals surface area (Å²) in [6.45, 7) is 0. The van der Waals surface area contributed by atoms with Crippen LogP contribution >= 0.6 is 0 Å². The zero-order valence-electron chi connectivity index (χ0n) is 21.1. The Kier molecular flexibility index (Phi) is 7.76. The average Bonchev–Trinajstić information content (AvgIpc) is 2.96. The third-order valence-electron chi connectivity index (χ3n) is 6.48. The molecule has 0 bridgehead atoms. The monoisotopic (exact) mass is 545 g/mol. The van der Waals surface area contributed by atoms with Crippen LogP contribution in [0.15, 0.2) is 83.9 Å². The first-order valence-electron chi connectivity index (χ1n) is 12.6. The van der Waals surface area contributed by atoms with E-state index in [1.807, 2.05) is 0 Å². The van der Waals surface area contributed by atoms with E-state index in [0.29, 0.717) is 36.9 Å². The summed E-state index contributed by atoms with van der Waals surface area (Å²) < 4.78 is 26.7. The summed E-state index contributed by atoms with van der Waals surface area (Å²) in [5.41, 5.74) is 0.876. The number of nitrogens with zero attached hydrogens (tertiary/aromatic N) is 4. The van der Waals surface area contributed by atoms with Crippen LogP contribution in [0.25, 0.3) is 16.9 Å². The van der Waals surface area contributed by atoms with E-state index < -0.39 is 16.9 Å². The van der Waals surface area contributed by atoms with Crippen LogP contribution in [-0.4, -0.2) is 37.8 Å². The van der Waals surface area contributed by atoms with E-state index in [9.17, 15) is 24.1 Å². The maximum Gasteiger partial charge on any atom is 0.514 e. The molecule has 0 radical (unpaired) electrons. The largest absolute Gasteiger partial charge is 0.514 e. The first-order valence-corrected chi connectivity index (χ1v) is 12.6. The summed E-state index contributed by atoms with van der Waals surface area (Å²) in [5, 5.41) is 14.0. The number of carbonyl (C=O) groups excluding carboxylic acids is 1. The molecule has 0 unspecified atom stereocenters. The van der Waals surface area contributed by atoms with Gasteiger partial charge in [-0.3, -0.25) is 19.5 Å². The van der Waals surface area contributed by atoms with Gasteiger partial charge >= 0.3 is 6.16 Å². The Bertz CT molecular complexity index is 1580. The molecule has 1 fully saturated rings. The number of pyridine rings is 1. The summed E-state index contributed by atoms with van der Waals surface area (Å²) in [6, 6.07) is 16.8. The summed E-state index contributed by atoms with van der Waals surface area (Å²) in [7, 11) is 0. The minimum atomic E-state index is -0.878. The molecule has 1 aliphatic rings. The van der Waals surface area contributed by atoms with Crippen molar-refractivity contribution < 1.29 is 23.6 Å². The van der Waals surface area contributed by atoms with Crippen LogP contribution in [0.1, 0.15) is 25.7 Å². The van der Waals surface area contributed by atoms with Crippen molar-refractivity contribution in [3.05, 3.63) is 105 Å². The average molecular weight is 546 g/mol. The van der Waals surface area contributed by atoms with E-state index in [2.05, 4.69) is 15.3 Å². The fourth-order valence-corrected chi connectivity index (χ4v) is 4.48. The standard InChI is InChI=1S/C28H24FN5O6/c29-24-17-30-27(32-26(24)18-4-3-5-21(16-18)33-15-2-1-6-25(33)35)31-19-7-11-22(12-8-19)39-28(36)40-23-13-9-20(10-14-23)34(37)38/h1-6,9-10,13-17,19,22H,7-8,11-12H2,(H,30,31,32). The number of carbonyl (C=O) groups is 1. The van der Waals surface area contributed by atoms with Gasteiger partial charge in [-0.2, -0.15) is 0 Å². The second-order valence-corrected chi connectivity index (χ2v) is 9.19. The van der Waals surface area contributed by atoms with Gasteiger partial charge in [0.25, 0.3) is 11.2 Å². The van der Waals surface area contributed by atoms with Gasteiger partial charge in [0.05, 0.1) is 11.1 Å². The fraction of sp³-hybridized carbons (Fsp3) is 0.214. The lowest BCUT2D eigenvalue weighted by molar-refractivity contribution is -0.384. The van der Waals surface area contributed by atoms with Crippen LogP contribution in [0.4, 0.5) is 20.8 Å². The van der Waals surface area contributed by atoms with E-state index in [1.165, 1.54) is 34.9 Å². The second-order valence-electron chi connectivity index (χ2n) is 9.19. The summed E-state index contributed by atoms with van der Waals surface area (Å²) in [5.74, 6) is -0.177. The van der Waals surface area contributed by atoms with Crippen molar-refractivity contribution in [3.8, 4) is 22.7 Å². The summed E-state index contributed by atoms with van der Waals surface area (Å²) >= 11 is 0. The number of hydrogen-bond acceptors (Lipinski definition) is 9. The molecule has 1 aliphatic carbocycles. The van der Waals surface area contributed by atoms with Gasteiger partial charge in [0.1, 0.15) is 17.5 Å². The number of nitrogens with one attached hydrogen (secondary N) is 1. The molecule has 2 aromatic heterocycles. The molecule has 1 N–H and O–H groups in total. The molecule has 2 aromatic carbocycles. The number of non-ortho nitro benzene ring substituents is 1. The predicted octanol–water partition coefficient (Wildman–Crippen LogP) is 5.28. The van der Waals surface area contributed by atoms with Crippen LogP contribution in [0.2, 0.25) is 0 Å². The van der Waals surface area contributed by atoms with Crippen LogP contribution < -0.4 is 15.6 Å². The molecule has 0 saturated heterocycles. The molecule has 12 heteroatoms. The molecule has 0 atom stereocenters. The molecule has 11 nitrogen and oxygen atoms in total. The van der Waals surface area contributed by atoms with Crippen molar-refractivity contribution in [2.75, 3.05) is 5.32 Å². The molecule has 1 saturated carbocycles. The Morgan fingerprint density at radius 2 is 1.82 bits per heavy atom. The minimum absolute atomic E-state index is 0.0157. The highest BCUT2D eigenvalue weighted by atomic mass is 19.1. The number of halogens is 1. The van der Waals surface area contributed by atoms with E-state index in [4.69, 9.17) is 9.47 Å². The number of anilines is 1. The Morgan fingerprint density at radius 1 is 1.05 bits per heavy atom. The van der Waals surface area contributed by atoms with Crippen molar-refractivity contribution in [1.82, 2.24) is 14.5 Å². The van der Waals surface area contributed by atoms with E-state index >= 15 is 0 Å². The normalized spacial score (nSPS) is 16.6. The van der Waals surface area contributed by atoms with Crippen molar-refractivity contribution in [3.63, 3.8) is 0 Å². The van der Waals surface area contributed by atoms with Crippen LogP contribution in [0.5, 0.6) is 5.75 Å². The Morgan fingerprint density at radius 3 is 2.55 bits per heavy atom. The molecular weight excluding hydrogens is 521 g/mol. The summed E-state index contributed by atoms with van der Waals surface area (Å²) in [6.07, 6.45) is 3.95. The fourth-order valence-electron chi connectivity index (χ4n) is 4.48. The van der Waals surface area contributed by atoms with Gasteiger partial charge in [-0.05, 0) is 56.0 Å². The SMILES string of the molecule is O=C(Oc1ccc([N+](=O)[O-])cc1)OC1CCC(Nc2ncc(F)c(-c3cccc(-n4ccccc4=O)c3)n2)CC1. The quantitative estimate of drug-likeness (QED) is 0.142. The number of nitro benzene ring substituents is 1. The second kappa shape index (κ2) is 11.7. The molecule has 4 aromatic rings. The molecule has 0 aliphatic heterocycles. The third-order valence-corrected chi connectivity index (χ3v) is 6.48. The van der Waals surface area contributed by atoms with Crippen molar-refractivity contribution in [1.29, 1.82) is 0 Å². The highest BCUT2D eigenvalue weighted by molar-refractivity contribution is 5.65. The number of benzene rings is 2. The van der Waals surface area contributed by atoms with Crippen molar-refractivity contribution in [2.45, 2.75) is 37.8 Å². The van der Waals surface area contributed by atoms with Gasteiger partial charge in [-0.1, -0.05) is 18.2 Å². The van der Waals surface area contributed by atoms with Crippen molar-refractivity contribution in [2.24, 2.45) is 0 Å². The van der Waals surface area contributed by atoms with E-state index in [-0.39, 0.29) is 40.8 Å². The minimum Gasteiger partial charge on any atom is -0.431 e. The highest BCUT2D eigenvalue weighted by Gasteiger charge is 2.25. The molecule has 2 heterocycles. The zero-order chi connectivity index (χ0) is 28.1. The Labute approximate surface area is 227 Å². The van der Waals surface area contributed by atoms with Gasteiger partial charge in [0.2, 0.25) is 5.95 Å². The number of ether oxygens (including phenoxy) is 2. The lowest BCUT2D eigenvalue weighted by atomic mass is 9.93. The predicted molar refractivity (Wildman–Crippen MR) is 143 cm³/mol. The van der Waals surface area contributed by atoms with Crippen LogP contribution in [-0.2, 0) is 4.74 Å². The first-order chi connectivity index (χ1) is 19.4. The Balaban J connectivity index is 1.18. The van der Waals surface area contributed by atoms with Crippen LogP contribution in [0.3, 0.4) is 0 Å². The van der Waals surface area contributed by atoms with Gasteiger partial charge in [-0.15, -0.1) is 0 Å². The molecular formula is C28H24FN5O6.